The van der Waals surface area contributed by atoms with Crippen LogP contribution in [0.3, 0.4) is 0 Å². The summed E-state index contributed by atoms with van der Waals surface area (Å²) in [5, 5.41) is 12.6. The van der Waals surface area contributed by atoms with E-state index in [2.05, 4.69) is 31.0 Å². The molecular formula is C13H28N2O. The number of likely N-dealkylation sites (tertiary alicyclic amines) is 1. The molecule has 1 saturated heterocycles. The Kier molecular flexibility index (Phi) is 5.22. The number of aliphatic hydroxyl groups excluding tert-OH is 1. The maximum atomic E-state index is 9.37. The van der Waals surface area contributed by atoms with Crippen molar-refractivity contribution in [1.29, 1.82) is 0 Å². The summed E-state index contributed by atoms with van der Waals surface area (Å²) in [6, 6.07) is 1.40. The normalized spacial score (nSPS) is 31.3. The van der Waals surface area contributed by atoms with Crippen LogP contribution in [0.1, 0.15) is 46.5 Å². The van der Waals surface area contributed by atoms with Gasteiger partial charge in [-0.05, 0) is 47.1 Å². The smallest absolute Gasteiger partial charge is 0.0610 e. The molecule has 2 N–H and O–H groups in total. The van der Waals surface area contributed by atoms with E-state index in [4.69, 9.17) is 0 Å². The van der Waals surface area contributed by atoms with E-state index in [9.17, 15) is 5.11 Å². The second kappa shape index (κ2) is 5.99. The molecule has 1 heterocycles. The number of rotatable bonds is 5. The Bertz CT molecular complexity index is 194. The summed E-state index contributed by atoms with van der Waals surface area (Å²) < 4.78 is 0. The van der Waals surface area contributed by atoms with Gasteiger partial charge in [-0.2, -0.15) is 0 Å². The molecule has 1 rings (SSSR count). The fourth-order valence-corrected chi connectivity index (χ4v) is 2.57. The summed E-state index contributed by atoms with van der Waals surface area (Å²) >= 11 is 0. The Labute approximate surface area is 100 Å². The molecule has 3 heteroatoms. The van der Waals surface area contributed by atoms with Crippen LogP contribution in [0.5, 0.6) is 0 Å². The minimum atomic E-state index is -0.128. The van der Waals surface area contributed by atoms with Gasteiger partial charge in [0.1, 0.15) is 0 Å². The summed E-state index contributed by atoms with van der Waals surface area (Å²) in [4.78, 5) is 2.59. The molecule has 16 heavy (non-hydrogen) atoms. The third-order valence-electron chi connectivity index (χ3n) is 4.25. The fourth-order valence-electron chi connectivity index (χ4n) is 2.57. The van der Waals surface area contributed by atoms with Gasteiger partial charge in [-0.15, -0.1) is 0 Å². The fraction of sp³-hybridized carbons (Fsp3) is 1.00. The van der Waals surface area contributed by atoms with Crippen LogP contribution in [0.15, 0.2) is 0 Å². The van der Waals surface area contributed by atoms with E-state index < -0.39 is 0 Å². The van der Waals surface area contributed by atoms with E-state index in [0.717, 1.165) is 13.0 Å². The highest BCUT2D eigenvalue weighted by Gasteiger charge is 2.27. The van der Waals surface area contributed by atoms with Crippen molar-refractivity contribution < 1.29 is 5.11 Å². The first-order chi connectivity index (χ1) is 7.52. The van der Waals surface area contributed by atoms with Gasteiger partial charge >= 0.3 is 0 Å². The summed E-state index contributed by atoms with van der Waals surface area (Å²) in [5.41, 5.74) is -0.128. The van der Waals surface area contributed by atoms with Gasteiger partial charge in [-0.3, -0.25) is 4.90 Å². The third-order valence-corrected chi connectivity index (χ3v) is 4.25. The van der Waals surface area contributed by atoms with Crippen molar-refractivity contribution >= 4 is 0 Å². The highest BCUT2D eigenvalue weighted by atomic mass is 16.3. The largest absolute Gasteiger partial charge is 0.394 e. The standard InChI is InChI=1S/C13H28N2O/c1-11-6-5-7-12(2)15(11)9-8-13(3,10-16)14-4/h11-12,14,16H,5-10H2,1-4H3/t11-,12+,13?. The molecule has 0 saturated carbocycles. The van der Waals surface area contributed by atoms with Gasteiger partial charge in [-0.25, -0.2) is 0 Å². The average Bonchev–Trinajstić information content (AvgIpc) is 2.28. The summed E-state index contributed by atoms with van der Waals surface area (Å²) in [6.45, 7) is 8.03. The van der Waals surface area contributed by atoms with Crippen molar-refractivity contribution in [2.24, 2.45) is 0 Å². The van der Waals surface area contributed by atoms with Crippen molar-refractivity contribution in [2.75, 3.05) is 20.2 Å². The molecule has 0 bridgehead atoms. The average molecular weight is 228 g/mol. The zero-order valence-electron chi connectivity index (χ0n) is 11.3. The SMILES string of the molecule is CNC(C)(CO)CCN1[C@H](C)CCC[C@@H]1C. The molecule has 0 amide bonds. The number of hydrogen-bond donors (Lipinski definition) is 2. The maximum Gasteiger partial charge on any atom is 0.0610 e. The van der Waals surface area contributed by atoms with E-state index in [1.807, 2.05) is 7.05 Å². The predicted molar refractivity (Wildman–Crippen MR) is 68.6 cm³/mol. The number of nitrogens with one attached hydrogen (secondary N) is 1. The molecule has 1 aliphatic rings. The van der Waals surface area contributed by atoms with Crippen LogP contribution >= 0.6 is 0 Å². The minimum absolute atomic E-state index is 0.128. The summed E-state index contributed by atoms with van der Waals surface area (Å²) in [5.74, 6) is 0. The predicted octanol–water partition coefficient (Wildman–Crippen LogP) is 1.61. The lowest BCUT2D eigenvalue weighted by atomic mass is 9.94. The quantitative estimate of drug-likeness (QED) is 0.750. The van der Waals surface area contributed by atoms with Crippen molar-refractivity contribution in [1.82, 2.24) is 10.2 Å². The molecule has 1 aliphatic heterocycles. The maximum absolute atomic E-state index is 9.37. The lowest BCUT2D eigenvalue weighted by molar-refractivity contribution is 0.0800. The number of hydrogen-bond acceptors (Lipinski definition) is 3. The summed E-state index contributed by atoms with van der Waals surface area (Å²) in [7, 11) is 1.93. The van der Waals surface area contributed by atoms with E-state index >= 15 is 0 Å². The second-order valence-electron chi connectivity index (χ2n) is 5.59. The Morgan fingerprint density at radius 3 is 2.31 bits per heavy atom. The third kappa shape index (κ3) is 3.44. The van der Waals surface area contributed by atoms with Crippen LogP contribution in [0, 0.1) is 0 Å². The van der Waals surface area contributed by atoms with Gasteiger partial charge < -0.3 is 10.4 Å². The van der Waals surface area contributed by atoms with Gasteiger partial charge in [0.05, 0.1) is 6.61 Å². The molecule has 96 valence electrons. The van der Waals surface area contributed by atoms with Gasteiger partial charge in [0.2, 0.25) is 0 Å². The van der Waals surface area contributed by atoms with Crippen molar-refractivity contribution in [3.63, 3.8) is 0 Å². The van der Waals surface area contributed by atoms with Crippen molar-refractivity contribution in [2.45, 2.75) is 64.1 Å². The van der Waals surface area contributed by atoms with Gasteiger partial charge in [-0.1, -0.05) is 6.42 Å². The molecule has 3 atom stereocenters. The van der Waals surface area contributed by atoms with Crippen molar-refractivity contribution in [3.05, 3.63) is 0 Å². The van der Waals surface area contributed by atoms with Gasteiger partial charge in [0.25, 0.3) is 0 Å². The zero-order valence-corrected chi connectivity index (χ0v) is 11.3. The molecule has 0 spiro atoms. The first-order valence-corrected chi connectivity index (χ1v) is 6.58. The van der Waals surface area contributed by atoms with Crippen LogP contribution in [0.2, 0.25) is 0 Å². The highest BCUT2D eigenvalue weighted by molar-refractivity contribution is 4.85. The molecule has 1 fully saturated rings. The monoisotopic (exact) mass is 228 g/mol. The number of aliphatic hydroxyl groups is 1. The molecule has 0 aromatic carbocycles. The molecule has 0 radical (unpaired) electrons. The topological polar surface area (TPSA) is 35.5 Å². The number of nitrogens with zero attached hydrogens (tertiary/aromatic N) is 1. The van der Waals surface area contributed by atoms with Crippen LogP contribution < -0.4 is 5.32 Å². The molecule has 0 aliphatic carbocycles. The first kappa shape index (κ1) is 13.9. The second-order valence-corrected chi connectivity index (χ2v) is 5.59. The molecule has 1 unspecified atom stereocenters. The molecule has 0 aromatic rings. The van der Waals surface area contributed by atoms with Crippen LogP contribution in [-0.4, -0.2) is 47.8 Å². The van der Waals surface area contributed by atoms with E-state index in [1.165, 1.54) is 19.3 Å². The van der Waals surface area contributed by atoms with Crippen LogP contribution in [0.4, 0.5) is 0 Å². The lowest BCUT2D eigenvalue weighted by Gasteiger charge is -2.41. The van der Waals surface area contributed by atoms with E-state index in [1.54, 1.807) is 0 Å². The van der Waals surface area contributed by atoms with Gasteiger partial charge in [0, 0.05) is 24.2 Å². The lowest BCUT2D eigenvalue weighted by Crippen LogP contribution is -2.50. The van der Waals surface area contributed by atoms with Crippen LogP contribution in [0.25, 0.3) is 0 Å². The molecule has 3 nitrogen and oxygen atoms in total. The highest BCUT2D eigenvalue weighted by Crippen LogP contribution is 2.23. The first-order valence-electron chi connectivity index (χ1n) is 6.58. The molecule has 0 aromatic heterocycles. The van der Waals surface area contributed by atoms with E-state index in [-0.39, 0.29) is 12.1 Å². The van der Waals surface area contributed by atoms with Crippen molar-refractivity contribution in [3.8, 4) is 0 Å². The number of piperidine rings is 1. The van der Waals surface area contributed by atoms with E-state index in [0.29, 0.717) is 12.1 Å². The Hall–Kier alpha value is -0.120. The van der Waals surface area contributed by atoms with Gasteiger partial charge in [0.15, 0.2) is 0 Å². The van der Waals surface area contributed by atoms with Crippen LogP contribution in [-0.2, 0) is 0 Å². The number of likely N-dealkylation sites (N-methyl/N-ethyl adjacent to an activating group) is 1. The Morgan fingerprint density at radius 1 is 1.31 bits per heavy atom. The Morgan fingerprint density at radius 2 is 1.88 bits per heavy atom. The minimum Gasteiger partial charge on any atom is -0.394 e. The Balaban J connectivity index is 2.46. The summed E-state index contributed by atoms with van der Waals surface area (Å²) in [6.07, 6.45) is 5.01. The zero-order chi connectivity index (χ0) is 12.2. The molecular weight excluding hydrogens is 200 g/mol.